The normalized spacial score (nSPS) is 21.2. The minimum Gasteiger partial charge on any atom is -0.314 e. The van der Waals surface area contributed by atoms with Crippen LogP contribution in [0.25, 0.3) is 0 Å². The van der Waals surface area contributed by atoms with Crippen molar-refractivity contribution in [3.8, 4) is 0 Å². The van der Waals surface area contributed by atoms with Gasteiger partial charge in [-0.15, -0.1) is 0 Å². The number of halogens is 1. The van der Waals surface area contributed by atoms with Crippen molar-refractivity contribution in [1.82, 2.24) is 5.32 Å². The van der Waals surface area contributed by atoms with Crippen LogP contribution in [0, 0.1) is 6.92 Å². The molecule has 1 fully saturated rings. The highest BCUT2D eigenvalue weighted by Gasteiger charge is 2.16. The van der Waals surface area contributed by atoms with Gasteiger partial charge in [-0.2, -0.15) is 0 Å². The lowest BCUT2D eigenvalue weighted by Gasteiger charge is -2.27. The van der Waals surface area contributed by atoms with Crippen molar-refractivity contribution >= 4 is 11.6 Å². The number of hydrogen-bond acceptors (Lipinski definition) is 1. The molecule has 1 atom stereocenters. The summed E-state index contributed by atoms with van der Waals surface area (Å²) in [6, 6.07) is 6.96. The summed E-state index contributed by atoms with van der Waals surface area (Å²) in [5, 5.41) is 4.25. The van der Waals surface area contributed by atoms with Gasteiger partial charge in [0.2, 0.25) is 0 Å². The Morgan fingerprint density at radius 2 is 2.23 bits per heavy atom. The zero-order valence-corrected chi connectivity index (χ0v) is 8.56. The molecule has 1 aliphatic heterocycles. The van der Waals surface area contributed by atoms with Gasteiger partial charge < -0.3 is 5.32 Å². The standard InChI is InChI=1S/C11H14ClN/c1-8-4-9(6-10(12)5-8)7-11-2-3-13-11/h4-6,11,13H,2-3,7H2,1H3. The van der Waals surface area contributed by atoms with E-state index < -0.39 is 0 Å². The Kier molecular flexibility index (Phi) is 2.56. The fraction of sp³-hybridized carbons (Fsp3) is 0.455. The second-order valence-electron chi connectivity index (χ2n) is 3.78. The van der Waals surface area contributed by atoms with Crippen LogP contribution >= 0.6 is 11.6 Å². The lowest BCUT2D eigenvalue weighted by Crippen LogP contribution is -2.44. The van der Waals surface area contributed by atoms with Crippen LogP contribution in [0.3, 0.4) is 0 Å². The molecular weight excluding hydrogens is 182 g/mol. The molecule has 1 aromatic carbocycles. The maximum Gasteiger partial charge on any atom is 0.0411 e. The fourth-order valence-corrected chi connectivity index (χ4v) is 2.05. The molecule has 1 heterocycles. The van der Waals surface area contributed by atoms with Crippen LogP contribution < -0.4 is 5.32 Å². The number of hydrogen-bond donors (Lipinski definition) is 1. The van der Waals surface area contributed by atoms with Gasteiger partial charge in [-0.25, -0.2) is 0 Å². The molecule has 0 radical (unpaired) electrons. The van der Waals surface area contributed by atoms with E-state index in [0.29, 0.717) is 6.04 Å². The Labute approximate surface area is 84.1 Å². The summed E-state index contributed by atoms with van der Waals surface area (Å²) in [6.45, 7) is 3.26. The third-order valence-corrected chi connectivity index (χ3v) is 2.73. The van der Waals surface area contributed by atoms with Crippen LogP contribution in [0.5, 0.6) is 0 Å². The molecule has 1 aliphatic rings. The molecule has 1 aromatic rings. The van der Waals surface area contributed by atoms with Crippen molar-refractivity contribution < 1.29 is 0 Å². The van der Waals surface area contributed by atoms with Gasteiger partial charge in [-0.3, -0.25) is 0 Å². The van der Waals surface area contributed by atoms with Gasteiger partial charge in [0.1, 0.15) is 0 Å². The molecule has 1 nitrogen and oxygen atoms in total. The van der Waals surface area contributed by atoms with Crippen molar-refractivity contribution in [2.45, 2.75) is 25.8 Å². The highest BCUT2D eigenvalue weighted by Crippen LogP contribution is 2.17. The quantitative estimate of drug-likeness (QED) is 0.765. The Morgan fingerprint density at radius 3 is 2.77 bits per heavy atom. The highest BCUT2D eigenvalue weighted by atomic mass is 35.5. The summed E-state index contributed by atoms with van der Waals surface area (Å²) in [5.41, 5.74) is 2.60. The fourth-order valence-electron chi connectivity index (χ4n) is 1.74. The molecule has 1 saturated heterocycles. The van der Waals surface area contributed by atoms with E-state index in [4.69, 9.17) is 11.6 Å². The van der Waals surface area contributed by atoms with Crippen LogP contribution in [0.2, 0.25) is 5.02 Å². The Morgan fingerprint density at radius 1 is 1.46 bits per heavy atom. The second-order valence-corrected chi connectivity index (χ2v) is 4.22. The Bertz CT molecular complexity index is 285. The summed E-state index contributed by atoms with van der Waals surface area (Å²) >= 11 is 5.97. The molecule has 0 saturated carbocycles. The number of rotatable bonds is 2. The molecule has 1 N–H and O–H groups in total. The molecule has 0 aliphatic carbocycles. The Hall–Kier alpha value is -0.530. The van der Waals surface area contributed by atoms with Crippen LogP contribution in [-0.2, 0) is 6.42 Å². The average molecular weight is 196 g/mol. The second kappa shape index (κ2) is 3.69. The third kappa shape index (κ3) is 2.23. The molecule has 2 heteroatoms. The van der Waals surface area contributed by atoms with E-state index in [-0.39, 0.29) is 0 Å². The first-order chi connectivity index (χ1) is 6.24. The molecular formula is C11H14ClN. The van der Waals surface area contributed by atoms with Crippen LogP contribution in [0.15, 0.2) is 18.2 Å². The monoisotopic (exact) mass is 195 g/mol. The zero-order chi connectivity index (χ0) is 9.26. The summed E-state index contributed by atoms with van der Waals surface area (Å²) < 4.78 is 0. The highest BCUT2D eigenvalue weighted by molar-refractivity contribution is 6.30. The number of aryl methyl sites for hydroxylation is 1. The van der Waals surface area contributed by atoms with Gasteiger partial charge in [0.15, 0.2) is 0 Å². The minimum atomic E-state index is 0.679. The predicted molar refractivity (Wildman–Crippen MR) is 56.3 cm³/mol. The zero-order valence-electron chi connectivity index (χ0n) is 7.81. The first kappa shape index (κ1) is 9.04. The average Bonchev–Trinajstić information content (AvgIpc) is 1.95. The number of nitrogens with one attached hydrogen (secondary N) is 1. The van der Waals surface area contributed by atoms with Crippen LogP contribution in [0.1, 0.15) is 17.5 Å². The number of benzene rings is 1. The van der Waals surface area contributed by atoms with Crippen LogP contribution in [-0.4, -0.2) is 12.6 Å². The third-order valence-electron chi connectivity index (χ3n) is 2.51. The first-order valence-corrected chi connectivity index (χ1v) is 5.11. The van der Waals surface area contributed by atoms with E-state index in [9.17, 15) is 0 Å². The largest absolute Gasteiger partial charge is 0.314 e. The van der Waals surface area contributed by atoms with Gasteiger partial charge in [-0.05, 0) is 49.6 Å². The van der Waals surface area contributed by atoms with Gasteiger partial charge in [-0.1, -0.05) is 17.7 Å². The van der Waals surface area contributed by atoms with Gasteiger partial charge >= 0.3 is 0 Å². The van der Waals surface area contributed by atoms with Gasteiger partial charge in [0.25, 0.3) is 0 Å². The van der Waals surface area contributed by atoms with Gasteiger partial charge in [0.05, 0.1) is 0 Å². The van der Waals surface area contributed by atoms with Gasteiger partial charge in [0, 0.05) is 11.1 Å². The van der Waals surface area contributed by atoms with E-state index in [1.165, 1.54) is 24.1 Å². The van der Waals surface area contributed by atoms with E-state index in [1.807, 2.05) is 6.07 Å². The molecule has 0 aromatic heterocycles. The molecule has 13 heavy (non-hydrogen) atoms. The molecule has 70 valence electrons. The Balaban J connectivity index is 2.10. The van der Waals surface area contributed by atoms with E-state index >= 15 is 0 Å². The lowest BCUT2D eigenvalue weighted by atomic mass is 9.97. The van der Waals surface area contributed by atoms with Crippen molar-refractivity contribution in [3.05, 3.63) is 34.3 Å². The predicted octanol–water partition coefficient (Wildman–Crippen LogP) is 2.55. The summed E-state index contributed by atoms with van der Waals surface area (Å²) in [7, 11) is 0. The lowest BCUT2D eigenvalue weighted by molar-refractivity contribution is 0.369. The van der Waals surface area contributed by atoms with E-state index in [1.54, 1.807) is 0 Å². The minimum absolute atomic E-state index is 0.679. The molecule has 0 bridgehead atoms. The van der Waals surface area contributed by atoms with E-state index in [0.717, 1.165) is 11.4 Å². The van der Waals surface area contributed by atoms with Crippen molar-refractivity contribution in [2.24, 2.45) is 0 Å². The summed E-state index contributed by atoms with van der Waals surface area (Å²) in [5.74, 6) is 0. The maximum atomic E-state index is 5.97. The van der Waals surface area contributed by atoms with Crippen LogP contribution in [0.4, 0.5) is 0 Å². The van der Waals surface area contributed by atoms with Crippen molar-refractivity contribution in [3.63, 3.8) is 0 Å². The first-order valence-electron chi connectivity index (χ1n) is 4.73. The molecule has 1 unspecified atom stereocenters. The topological polar surface area (TPSA) is 12.0 Å². The summed E-state index contributed by atoms with van der Waals surface area (Å²) in [4.78, 5) is 0. The maximum absolute atomic E-state index is 5.97. The molecule has 2 rings (SSSR count). The molecule has 0 amide bonds. The SMILES string of the molecule is Cc1cc(Cl)cc(CC2CCN2)c1. The smallest absolute Gasteiger partial charge is 0.0411 e. The van der Waals surface area contributed by atoms with Crippen molar-refractivity contribution in [1.29, 1.82) is 0 Å². The van der Waals surface area contributed by atoms with E-state index in [2.05, 4.69) is 24.4 Å². The van der Waals surface area contributed by atoms with Crippen molar-refractivity contribution in [2.75, 3.05) is 6.54 Å². The molecule has 0 spiro atoms. The summed E-state index contributed by atoms with van der Waals surface area (Å²) in [6.07, 6.45) is 2.41.